The van der Waals surface area contributed by atoms with Crippen LogP contribution in [0.25, 0.3) is 0 Å². The first-order valence-corrected chi connectivity index (χ1v) is 8.82. The Bertz CT molecular complexity index is 717. The van der Waals surface area contributed by atoms with Gasteiger partial charge in [-0.1, -0.05) is 35.9 Å². The molecule has 0 bridgehead atoms. The molecule has 2 N–H and O–H groups in total. The van der Waals surface area contributed by atoms with Crippen molar-refractivity contribution in [3.8, 4) is 0 Å². The molecule has 134 valence electrons. The number of carbonyl (C=O) groups excluding carboxylic acids is 1. The first-order chi connectivity index (χ1) is 11.8. The maximum atomic E-state index is 13.3. The molecule has 3 nitrogen and oxygen atoms in total. The fraction of sp³-hybridized carbons (Fsp3) is 0.278. The van der Waals surface area contributed by atoms with Crippen LogP contribution in [0.4, 0.5) is 18.9 Å². The van der Waals surface area contributed by atoms with Crippen molar-refractivity contribution in [1.82, 2.24) is 5.32 Å². The average Bonchev–Trinajstić information content (AvgIpc) is 2.55. The number of aryl methyl sites for hydroxylation is 1. The van der Waals surface area contributed by atoms with E-state index in [2.05, 4.69) is 10.6 Å². The van der Waals surface area contributed by atoms with Crippen LogP contribution in [-0.2, 0) is 4.79 Å². The smallest absolute Gasteiger partial charge is 0.325 e. The van der Waals surface area contributed by atoms with Gasteiger partial charge in [0, 0.05) is 10.6 Å². The van der Waals surface area contributed by atoms with Crippen molar-refractivity contribution >= 4 is 23.4 Å². The van der Waals surface area contributed by atoms with Gasteiger partial charge in [0.2, 0.25) is 5.91 Å². The fourth-order valence-corrected chi connectivity index (χ4v) is 2.74. The molecule has 1 unspecified atom stereocenters. The molecule has 7 heteroatoms. The number of anilines is 1. The van der Waals surface area contributed by atoms with Gasteiger partial charge in [-0.3, -0.25) is 10.1 Å². The molecule has 2 rings (SSSR count). The molecule has 0 fully saturated rings. The van der Waals surface area contributed by atoms with Crippen molar-refractivity contribution in [3.63, 3.8) is 0 Å². The summed E-state index contributed by atoms with van der Waals surface area (Å²) in [6.45, 7) is 1.36. The summed E-state index contributed by atoms with van der Waals surface area (Å²) >= 11 is 1.51. The highest BCUT2D eigenvalue weighted by molar-refractivity contribution is 7.98. The lowest BCUT2D eigenvalue weighted by Gasteiger charge is -2.22. The minimum atomic E-state index is -4.49. The van der Waals surface area contributed by atoms with E-state index >= 15 is 0 Å². The van der Waals surface area contributed by atoms with Gasteiger partial charge >= 0.3 is 6.18 Å². The number of amides is 1. The highest BCUT2D eigenvalue weighted by atomic mass is 32.2. The number of thioether (sulfide) groups is 1. The number of halogens is 3. The lowest BCUT2D eigenvalue weighted by Crippen LogP contribution is -2.38. The lowest BCUT2D eigenvalue weighted by molar-refractivity contribution is -0.158. The van der Waals surface area contributed by atoms with Crippen LogP contribution in [0.5, 0.6) is 0 Å². The summed E-state index contributed by atoms with van der Waals surface area (Å²) in [6, 6.07) is 11.3. The highest BCUT2D eigenvalue weighted by Gasteiger charge is 2.40. The van der Waals surface area contributed by atoms with Gasteiger partial charge in [-0.2, -0.15) is 13.2 Å². The second-order valence-corrected chi connectivity index (χ2v) is 6.43. The van der Waals surface area contributed by atoms with E-state index < -0.39 is 24.7 Å². The van der Waals surface area contributed by atoms with E-state index in [1.807, 2.05) is 12.3 Å². The summed E-state index contributed by atoms with van der Waals surface area (Å²) in [5, 5.41) is 4.90. The van der Waals surface area contributed by atoms with Crippen molar-refractivity contribution in [3.05, 3.63) is 59.7 Å². The molecule has 0 radical (unpaired) electrons. The van der Waals surface area contributed by atoms with Gasteiger partial charge in [0.05, 0.1) is 6.54 Å². The monoisotopic (exact) mass is 368 g/mol. The minimum Gasteiger partial charge on any atom is -0.325 e. The topological polar surface area (TPSA) is 41.1 Å². The average molecular weight is 368 g/mol. The molecule has 0 aromatic heterocycles. The third kappa shape index (κ3) is 5.79. The third-order valence-electron chi connectivity index (χ3n) is 3.56. The zero-order chi connectivity index (χ0) is 18.4. The number of hydrogen-bond donors (Lipinski definition) is 2. The van der Waals surface area contributed by atoms with Crippen molar-refractivity contribution in [2.24, 2.45) is 0 Å². The molecular formula is C18H19F3N2OS. The first kappa shape index (κ1) is 19.3. The van der Waals surface area contributed by atoms with E-state index in [1.165, 1.54) is 23.9 Å². The molecule has 0 saturated carbocycles. The Hall–Kier alpha value is -1.99. The molecule has 0 aliphatic heterocycles. The minimum absolute atomic E-state index is 0.0790. The Labute approximate surface area is 149 Å². The summed E-state index contributed by atoms with van der Waals surface area (Å²) in [7, 11) is 0. The zero-order valence-electron chi connectivity index (χ0n) is 13.9. The van der Waals surface area contributed by atoms with Crippen LogP contribution in [0.2, 0.25) is 0 Å². The summed E-state index contributed by atoms with van der Waals surface area (Å²) in [5.74, 6) is -0.528. The highest BCUT2D eigenvalue weighted by Crippen LogP contribution is 2.32. The summed E-state index contributed by atoms with van der Waals surface area (Å²) in [6.07, 6.45) is -2.59. The molecule has 2 aromatic carbocycles. The molecule has 0 spiro atoms. The largest absolute Gasteiger partial charge is 0.407 e. The van der Waals surface area contributed by atoms with Crippen LogP contribution in [-0.4, -0.2) is 24.9 Å². The van der Waals surface area contributed by atoms with Crippen LogP contribution < -0.4 is 10.6 Å². The van der Waals surface area contributed by atoms with E-state index in [0.29, 0.717) is 5.69 Å². The van der Waals surface area contributed by atoms with Crippen LogP contribution in [0.1, 0.15) is 17.2 Å². The Morgan fingerprint density at radius 1 is 1.16 bits per heavy atom. The predicted octanol–water partition coefficient (Wildman–Crippen LogP) is 4.55. The van der Waals surface area contributed by atoms with Crippen molar-refractivity contribution < 1.29 is 18.0 Å². The standard InChI is InChI=1S/C18H19F3N2OS/c1-12-6-8-13(9-7-12)17(18(19,20)21)22-11-16(24)23-14-4-3-5-15(10-14)25-2/h3-10,17,22H,11H2,1-2H3,(H,23,24). The van der Waals surface area contributed by atoms with Gasteiger partial charge in [0.15, 0.2) is 0 Å². The van der Waals surface area contributed by atoms with Crippen molar-refractivity contribution in [2.45, 2.75) is 24.0 Å². The summed E-state index contributed by atoms with van der Waals surface area (Å²) in [4.78, 5) is 12.9. The normalized spacial score (nSPS) is 12.7. The van der Waals surface area contributed by atoms with Gasteiger partial charge in [0.1, 0.15) is 6.04 Å². The number of nitrogens with one attached hydrogen (secondary N) is 2. The van der Waals surface area contributed by atoms with Gasteiger partial charge in [-0.15, -0.1) is 11.8 Å². The number of carbonyl (C=O) groups is 1. The Morgan fingerprint density at radius 2 is 1.84 bits per heavy atom. The SMILES string of the molecule is CSc1cccc(NC(=O)CNC(c2ccc(C)cc2)C(F)(F)F)c1. The number of benzene rings is 2. The second kappa shape index (κ2) is 8.40. The first-order valence-electron chi connectivity index (χ1n) is 7.60. The van der Waals surface area contributed by atoms with E-state index in [9.17, 15) is 18.0 Å². The van der Waals surface area contributed by atoms with Gasteiger partial charge < -0.3 is 5.32 Å². The van der Waals surface area contributed by atoms with E-state index in [4.69, 9.17) is 0 Å². The summed E-state index contributed by atoms with van der Waals surface area (Å²) < 4.78 is 39.9. The van der Waals surface area contributed by atoms with E-state index in [-0.39, 0.29) is 5.56 Å². The maximum absolute atomic E-state index is 13.3. The molecule has 25 heavy (non-hydrogen) atoms. The third-order valence-corrected chi connectivity index (χ3v) is 4.28. The molecular weight excluding hydrogens is 349 g/mol. The van der Waals surface area contributed by atoms with E-state index in [0.717, 1.165) is 10.5 Å². The molecule has 0 aliphatic rings. The van der Waals surface area contributed by atoms with Crippen LogP contribution in [0.3, 0.4) is 0 Å². The van der Waals surface area contributed by atoms with Crippen molar-refractivity contribution in [1.29, 1.82) is 0 Å². The summed E-state index contributed by atoms with van der Waals surface area (Å²) in [5.41, 5.74) is 1.50. The van der Waals surface area contributed by atoms with Crippen LogP contribution in [0, 0.1) is 6.92 Å². The Balaban J connectivity index is 2.02. The number of hydrogen-bond acceptors (Lipinski definition) is 3. The maximum Gasteiger partial charge on any atom is 0.407 e. The number of rotatable bonds is 6. The molecule has 0 aliphatic carbocycles. The van der Waals surface area contributed by atoms with Gasteiger partial charge in [-0.05, 0) is 36.9 Å². The lowest BCUT2D eigenvalue weighted by atomic mass is 10.0. The molecule has 1 amide bonds. The zero-order valence-corrected chi connectivity index (χ0v) is 14.7. The number of alkyl halides is 3. The fourth-order valence-electron chi connectivity index (χ4n) is 2.28. The Kier molecular flexibility index (Phi) is 6.50. The van der Waals surface area contributed by atoms with Gasteiger partial charge in [0.25, 0.3) is 0 Å². The van der Waals surface area contributed by atoms with Crippen molar-refractivity contribution in [2.75, 3.05) is 18.1 Å². The van der Waals surface area contributed by atoms with Gasteiger partial charge in [-0.25, -0.2) is 0 Å². The van der Waals surface area contributed by atoms with Crippen LogP contribution in [0.15, 0.2) is 53.4 Å². The molecule has 2 aromatic rings. The van der Waals surface area contributed by atoms with E-state index in [1.54, 1.807) is 37.3 Å². The molecule has 1 atom stereocenters. The second-order valence-electron chi connectivity index (χ2n) is 5.55. The molecule has 0 heterocycles. The Morgan fingerprint density at radius 3 is 2.44 bits per heavy atom. The molecule has 0 saturated heterocycles. The quantitative estimate of drug-likeness (QED) is 0.735. The van der Waals surface area contributed by atoms with Crippen LogP contribution >= 0.6 is 11.8 Å². The predicted molar refractivity (Wildman–Crippen MR) is 94.8 cm³/mol.